The number of alkyl halides is 1. The van der Waals surface area contributed by atoms with Gasteiger partial charge in [0.25, 0.3) is 5.56 Å². The van der Waals surface area contributed by atoms with Crippen LogP contribution in [0.3, 0.4) is 0 Å². The van der Waals surface area contributed by atoms with Gasteiger partial charge in [-0.1, -0.05) is 15.9 Å². The fraction of sp³-hybridized carbons (Fsp3) is 0.556. The first kappa shape index (κ1) is 11.6. The SMILES string of the molecule is C[C@@]1(O)CO[C@@H](n2ccc(=O)[nH]c2=O)[C@@H]1Br. The molecule has 1 aliphatic heterocycles. The van der Waals surface area contributed by atoms with Crippen molar-refractivity contribution in [3.05, 3.63) is 33.1 Å². The normalized spacial score (nSPS) is 34.2. The topological polar surface area (TPSA) is 84.3 Å². The predicted octanol–water partition coefficient (Wildman–Crippen LogP) is -0.420. The Labute approximate surface area is 99.0 Å². The van der Waals surface area contributed by atoms with Gasteiger partial charge in [-0.15, -0.1) is 0 Å². The lowest BCUT2D eigenvalue weighted by molar-refractivity contribution is 0.0211. The second kappa shape index (κ2) is 3.83. The summed E-state index contributed by atoms with van der Waals surface area (Å²) in [5, 5.41) is 9.88. The summed E-state index contributed by atoms with van der Waals surface area (Å²) in [7, 11) is 0. The van der Waals surface area contributed by atoms with Gasteiger partial charge in [-0.2, -0.15) is 0 Å². The van der Waals surface area contributed by atoms with Crippen molar-refractivity contribution in [2.24, 2.45) is 0 Å². The van der Waals surface area contributed by atoms with Crippen LogP contribution in [0, 0.1) is 0 Å². The van der Waals surface area contributed by atoms with Gasteiger partial charge < -0.3 is 9.84 Å². The average molecular weight is 291 g/mol. The van der Waals surface area contributed by atoms with Crippen LogP contribution in [0.2, 0.25) is 0 Å². The Hall–Kier alpha value is -0.920. The number of aromatic nitrogens is 2. The lowest BCUT2D eigenvalue weighted by atomic mass is 10.1. The summed E-state index contributed by atoms with van der Waals surface area (Å²) in [6.45, 7) is 1.74. The Kier molecular flexibility index (Phi) is 2.77. The molecule has 1 fully saturated rings. The number of nitrogens with one attached hydrogen (secondary N) is 1. The van der Waals surface area contributed by atoms with Crippen LogP contribution in [0.4, 0.5) is 0 Å². The standard InChI is InChI=1S/C9H11BrN2O4/c1-9(15)4-16-7(6(9)10)12-3-2-5(13)11-8(12)14/h2-3,6-7,15H,4H2,1H3,(H,11,13,14)/t6-,7+,9+/m0/s1. The fourth-order valence-corrected chi connectivity index (χ4v) is 2.11. The molecule has 2 rings (SSSR count). The van der Waals surface area contributed by atoms with E-state index in [-0.39, 0.29) is 6.61 Å². The van der Waals surface area contributed by atoms with E-state index in [0.29, 0.717) is 0 Å². The molecular weight excluding hydrogens is 280 g/mol. The molecule has 1 aromatic rings. The monoisotopic (exact) mass is 290 g/mol. The van der Waals surface area contributed by atoms with Gasteiger partial charge in [0, 0.05) is 12.3 Å². The van der Waals surface area contributed by atoms with Crippen LogP contribution < -0.4 is 11.2 Å². The average Bonchev–Trinajstić information content (AvgIpc) is 2.44. The zero-order valence-corrected chi connectivity index (χ0v) is 10.1. The first-order valence-electron chi connectivity index (χ1n) is 4.71. The maximum Gasteiger partial charge on any atom is 0.330 e. The van der Waals surface area contributed by atoms with Crippen LogP contribution >= 0.6 is 15.9 Å². The van der Waals surface area contributed by atoms with Crippen molar-refractivity contribution in [3.63, 3.8) is 0 Å². The van der Waals surface area contributed by atoms with E-state index in [4.69, 9.17) is 4.74 Å². The van der Waals surface area contributed by atoms with Gasteiger partial charge in [-0.05, 0) is 6.92 Å². The van der Waals surface area contributed by atoms with Crippen molar-refractivity contribution in [2.45, 2.75) is 23.6 Å². The van der Waals surface area contributed by atoms with Gasteiger partial charge in [-0.3, -0.25) is 14.3 Å². The molecule has 0 saturated carbocycles. The number of halogens is 1. The summed E-state index contributed by atoms with van der Waals surface area (Å²) < 4.78 is 6.57. The van der Waals surface area contributed by atoms with Gasteiger partial charge >= 0.3 is 5.69 Å². The van der Waals surface area contributed by atoms with E-state index in [1.807, 2.05) is 0 Å². The van der Waals surface area contributed by atoms with E-state index < -0.39 is 27.9 Å². The van der Waals surface area contributed by atoms with Crippen molar-refractivity contribution in [1.82, 2.24) is 9.55 Å². The molecule has 16 heavy (non-hydrogen) atoms. The highest BCUT2D eigenvalue weighted by molar-refractivity contribution is 9.09. The van der Waals surface area contributed by atoms with Crippen molar-refractivity contribution >= 4 is 15.9 Å². The molecule has 1 aliphatic rings. The molecule has 0 amide bonds. The number of aliphatic hydroxyl groups is 1. The van der Waals surface area contributed by atoms with Crippen molar-refractivity contribution in [2.75, 3.05) is 6.61 Å². The Balaban J connectivity index is 2.40. The molecule has 2 N–H and O–H groups in total. The number of rotatable bonds is 1. The number of hydrogen-bond acceptors (Lipinski definition) is 4. The zero-order chi connectivity index (χ0) is 11.9. The summed E-state index contributed by atoms with van der Waals surface area (Å²) in [6, 6.07) is 1.23. The minimum absolute atomic E-state index is 0.124. The number of ether oxygens (including phenoxy) is 1. The molecule has 2 heterocycles. The quantitative estimate of drug-likeness (QED) is 0.688. The van der Waals surface area contributed by atoms with Crippen LogP contribution in [0.5, 0.6) is 0 Å². The highest BCUT2D eigenvalue weighted by Gasteiger charge is 2.45. The van der Waals surface area contributed by atoms with E-state index in [9.17, 15) is 14.7 Å². The van der Waals surface area contributed by atoms with Gasteiger partial charge in [0.15, 0.2) is 6.23 Å². The predicted molar refractivity (Wildman–Crippen MR) is 59.7 cm³/mol. The fourth-order valence-electron chi connectivity index (χ4n) is 1.57. The van der Waals surface area contributed by atoms with E-state index >= 15 is 0 Å². The van der Waals surface area contributed by atoms with Crippen LogP contribution in [-0.4, -0.2) is 31.7 Å². The molecule has 0 bridgehead atoms. The lowest BCUT2D eigenvalue weighted by Crippen LogP contribution is -2.39. The molecule has 1 aromatic heterocycles. The van der Waals surface area contributed by atoms with E-state index in [0.717, 1.165) is 0 Å². The van der Waals surface area contributed by atoms with Crippen molar-refractivity contribution < 1.29 is 9.84 Å². The number of nitrogens with zero attached hydrogens (tertiary/aromatic N) is 1. The zero-order valence-electron chi connectivity index (χ0n) is 8.51. The maximum atomic E-state index is 11.5. The van der Waals surface area contributed by atoms with Crippen molar-refractivity contribution in [1.29, 1.82) is 0 Å². The molecule has 3 atom stereocenters. The Morgan fingerprint density at radius 2 is 2.38 bits per heavy atom. The van der Waals surface area contributed by atoms with Crippen LogP contribution in [-0.2, 0) is 4.74 Å². The van der Waals surface area contributed by atoms with Gasteiger partial charge in [-0.25, -0.2) is 4.79 Å². The minimum atomic E-state index is -1.04. The van der Waals surface area contributed by atoms with Gasteiger partial charge in [0.1, 0.15) is 5.60 Å². The lowest BCUT2D eigenvalue weighted by Gasteiger charge is -2.21. The van der Waals surface area contributed by atoms with Crippen LogP contribution in [0.1, 0.15) is 13.2 Å². The van der Waals surface area contributed by atoms with E-state index in [2.05, 4.69) is 20.9 Å². The molecule has 0 aromatic carbocycles. The minimum Gasteiger partial charge on any atom is -0.386 e. The molecular formula is C9H11BrN2O4. The van der Waals surface area contributed by atoms with E-state index in [1.165, 1.54) is 16.8 Å². The molecule has 0 aliphatic carbocycles. The smallest absolute Gasteiger partial charge is 0.330 e. The Morgan fingerprint density at radius 1 is 1.69 bits per heavy atom. The summed E-state index contributed by atoms with van der Waals surface area (Å²) in [5.41, 5.74) is -2.06. The molecule has 0 spiro atoms. The molecule has 6 nitrogen and oxygen atoms in total. The summed E-state index contributed by atoms with van der Waals surface area (Å²) in [4.78, 5) is 24.1. The third kappa shape index (κ3) is 1.85. The maximum absolute atomic E-state index is 11.5. The number of H-pyrrole nitrogens is 1. The third-order valence-electron chi connectivity index (χ3n) is 2.52. The van der Waals surface area contributed by atoms with Crippen molar-refractivity contribution in [3.8, 4) is 0 Å². The first-order chi connectivity index (χ1) is 7.42. The second-order valence-corrected chi connectivity index (χ2v) is 4.96. The third-order valence-corrected chi connectivity index (χ3v) is 3.95. The summed E-state index contributed by atoms with van der Waals surface area (Å²) in [5.74, 6) is 0. The Morgan fingerprint density at radius 3 is 2.88 bits per heavy atom. The van der Waals surface area contributed by atoms with Crippen LogP contribution in [0.15, 0.2) is 21.9 Å². The van der Waals surface area contributed by atoms with Crippen LogP contribution in [0.25, 0.3) is 0 Å². The molecule has 88 valence electrons. The molecule has 0 radical (unpaired) electrons. The first-order valence-corrected chi connectivity index (χ1v) is 5.63. The largest absolute Gasteiger partial charge is 0.386 e. The van der Waals surface area contributed by atoms with E-state index in [1.54, 1.807) is 6.92 Å². The Bertz CT molecular complexity index is 507. The van der Waals surface area contributed by atoms with Gasteiger partial charge in [0.2, 0.25) is 0 Å². The summed E-state index contributed by atoms with van der Waals surface area (Å²) >= 11 is 3.29. The second-order valence-electron chi connectivity index (χ2n) is 3.98. The molecule has 0 unspecified atom stereocenters. The highest BCUT2D eigenvalue weighted by Crippen LogP contribution is 2.36. The molecule has 1 saturated heterocycles. The summed E-state index contributed by atoms with van der Waals surface area (Å²) in [6.07, 6.45) is 0.723. The number of aromatic amines is 1. The molecule has 7 heteroatoms. The van der Waals surface area contributed by atoms with Gasteiger partial charge in [0.05, 0.1) is 11.4 Å². The number of hydrogen-bond donors (Lipinski definition) is 2. The highest BCUT2D eigenvalue weighted by atomic mass is 79.9.